The topological polar surface area (TPSA) is 75.1 Å². The molecule has 5 nitrogen and oxygen atoms in total. The van der Waals surface area contributed by atoms with E-state index in [2.05, 4.69) is 28.3 Å². The maximum atomic E-state index is 11.0. The molecule has 2 atom stereocenters. The lowest BCUT2D eigenvalue weighted by Gasteiger charge is -2.13. The molecule has 1 aliphatic rings. The molecule has 0 saturated carbocycles. The van der Waals surface area contributed by atoms with Crippen molar-refractivity contribution < 1.29 is 9.90 Å². The number of anilines is 1. The van der Waals surface area contributed by atoms with Gasteiger partial charge in [0.2, 0.25) is 0 Å². The van der Waals surface area contributed by atoms with Crippen molar-refractivity contribution in [2.45, 2.75) is 25.8 Å². The highest BCUT2D eigenvalue weighted by atomic mass is 32.1. The largest absolute Gasteiger partial charge is 0.481 e. The normalized spacial score (nSPS) is 21.4. The van der Waals surface area contributed by atoms with Crippen molar-refractivity contribution in [2.75, 3.05) is 5.32 Å². The Balaban J connectivity index is 1.83. The van der Waals surface area contributed by atoms with Gasteiger partial charge in [-0.1, -0.05) is 19.1 Å². The molecule has 3 rings (SSSR count). The summed E-state index contributed by atoms with van der Waals surface area (Å²) in [5, 5.41) is 13.3. The van der Waals surface area contributed by atoms with E-state index in [1.807, 2.05) is 6.08 Å². The van der Waals surface area contributed by atoms with Crippen molar-refractivity contribution in [1.82, 2.24) is 9.97 Å². The fraction of sp³-hybridized carbons (Fsp3) is 0.357. The molecule has 2 heterocycles. The van der Waals surface area contributed by atoms with Gasteiger partial charge in [0.05, 0.1) is 11.3 Å². The van der Waals surface area contributed by atoms with E-state index in [0.717, 1.165) is 22.5 Å². The summed E-state index contributed by atoms with van der Waals surface area (Å²) in [7, 11) is 0. The van der Waals surface area contributed by atoms with Gasteiger partial charge in [-0.05, 0) is 18.9 Å². The summed E-state index contributed by atoms with van der Waals surface area (Å²) in [6.45, 7) is 2.11. The minimum atomic E-state index is -0.776. The standard InChI is InChI=1S/C14H15N3O2S/c1-2-10-6-11-12(15-7-16-13(11)20-10)17-9-4-3-8(5-9)14(18)19/h3-4,6-9H,2,5H2,1H3,(H,18,19)(H,15,16,17). The van der Waals surface area contributed by atoms with Gasteiger partial charge in [-0.15, -0.1) is 11.3 Å². The van der Waals surface area contributed by atoms with Crippen LogP contribution < -0.4 is 5.32 Å². The molecule has 2 aromatic heterocycles. The monoisotopic (exact) mass is 289 g/mol. The van der Waals surface area contributed by atoms with Crippen molar-refractivity contribution >= 4 is 33.3 Å². The molecule has 104 valence electrons. The maximum Gasteiger partial charge on any atom is 0.310 e. The van der Waals surface area contributed by atoms with Gasteiger partial charge in [-0.3, -0.25) is 4.79 Å². The van der Waals surface area contributed by atoms with Gasteiger partial charge in [0.1, 0.15) is 17.0 Å². The van der Waals surface area contributed by atoms with Crippen LogP contribution in [-0.4, -0.2) is 27.1 Å². The molecule has 2 unspecified atom stereocenters. The first-order valence-electron chi connectivity index (χ1n) is 6.58. The fourth-order valence-electron chi connectivity index (χ4n) is 2.36. The number of nitrogens with one attached hydrogen (secondary N) is 1. The van der Waals surface area contributed by atoms with Crippen LogP contribution in [0.1, 0.15) is 18.2 Å². The van der Waals surface area contributed by atoms with Gasteiger partial charge in [-0.2, -0.15) is 0 Å². The van der Waals surface area contributed by atoms with Crippen LogP contribution in [0.15, 0.2) is 24.5 Å². The third kappa shape index (κ3) is 2.38. The summed E-state index contributed by atoms with van der Waals surface area (Å²) in [6.07, 6.45) is 6.73. The van der Waals surface area contributed by atoms with Gasteiger partial charge >= 0.3 is 5.97 Å². The second-order valence-corrected chi connectivity index (χ2v) is 5.94. The van der Waals surface area contributed by atoms with Crippen LogP contribution in [0.25, 0.3) is 10.2 Å². The minimum absolute atomic E-state index is 0.0131. The Hall–Kier alpha value is -1.95. The van der Waals surface area contributed by atoms with E-state index in [0.29, 0.717) is 6.42 Å². The van der Waals surface area contributed by atoms with E-state index in [4.69, 9.17) is 5.11 Å². The molecule has 0 amide bonds. The molecule has 0 aromatic carbocycles. The Morgan fingerprint density at radius 1 is 1.50 bits per heavy atom. The number of fused-ring (bicyclic) bond motifs is 1. The molecule has 6 heteroatoms. The van der Waals surface area contributed by atoms with Crippen LogP contribution in [0, 0.1) is 5.92 Å². The second kappa shape index (κ2) is 5.20. The first kappa shape index (κ1) is 13.1. The third-order valence-corrected chi connectivity index (χ3v) is 4.64. The first-order chi connectivity index (χ1) is 9.67. The lowest BCUT2D eigenvalue weighted by molar-refractivity contribution is -0.140. The Bertz CT molecular complexity index is 680. The molecular weight excluding hydrogens is 274 g/mol. The highest BCUT2D eigenvalue weighted by Crippen LogP contribution is 2.30. The average molecular weight is 289 g/mol. The van der Waals surface area contributed by atoms with Crippen LogP contribution in [0.4, 0.5) is 5.82 Å². The SMILES string of the molecule is CCc1cc2c(NC3C=CC(C(=O)O)C3)ncnc2s1. The molecule has 20 heavy (non-hydrogen) atoms. The highest BCUT2D eigenvalue weighted by molar-refractivity contribution is 7.18. The van der Waals surface area contributed by atoms with E-state index >= 15 is 0 Å². The molecule has 0 bridgehead atoms. The zero-order valence-corrected chi connectivity index (χ0v) is 11.9. The second-order valence-electron chi connectivity index (χ2n) is 4.82. The molecule has 0 aliphatic heterocycles. The number of aliphatic carboxylic acids is 1. The van der Waals surface area contributed by atoms with E-state index in [1.165, 1.54) is 4.88 Å². The number of rotatable bonds is 4. The Morgan fingerprint density at radius 2 is 2.35 bits per heavy atom. The van der Waals surface area contributed by atoms with Crippen molar-refractivity contribution in [2.24, 2.45) is 5.92 Å². The maximum absolute atomic E-state index is 11.0. The molecule has 2 aromatic rings. The Morgan fingerprint density at radius 3 is 3.05 bits per heavy atom. The predicted molar refractivity (Wildman–Crippen MR) is 79.1 cm³/mol. The molecule has 0 fully saturated rings. The lowest BCUT2D eigenvalue weighted by atomic mass is 10.1. The molecule has 0 saturated heterocycles. The number of aryl methyl sites for hydroxylation is 1. The number of thiophene rings is 1. The van der Waals surface area contributed by atoms with Crippen LogP contribution in [-0.2, 0) is 11.2 Å². The summed E-state index contributed by atoms with van der Waals surface area (Å²) < 4.78 is 0. The van der Waals surface area contributed by atoms with Crippen LogP contribution in [0.2, 0.25) is 0 Å². The van der Waals surface area contributed by atoms with Gasteiger partial charge in [-0.25, -0.2) is 9.97 Å². The van der Waals surface area contributed by atoms with E-state index in [9.17, 15) is 4.79 Å². The van der Waals surface area contributed by atoms with Crippen LogP contribution in [0.3, 0.4) is 0 Å². The van der Waals surface area contributed by atoms with Gasteiger partial charge in [0.15, 0.2) is 0 Å². The Labute approximate surface area is 120 Å². The van der Waals surface area contributed by atoms with Gasteiger partial charge in [0, 0.05) is 10.9 Å². The number of aromatic nitrogens is 2. The molecule has 2 N–H and O–H groups in total. The molecular formula is C14H15N3O2S. The number of hydrogen-bond acceptors (Lipinski definition) is 5. The smallest absolute Gasteiger partial charge is 0.310 e. The van der Waals surface area contributed by atoms with Gasteiger partial charge in [0.25, 0.3) is 0 Å². The molecule has 1 aliphatic carbocycles. The number of carboxylic acids is 1. The Kier molecular flexibility index (Phi) is 3.40. The summed E-state index contributed by atoms with van der Waals surface area (Å²) in [5.74, 6) is -0.396. The fourth-order valence-corrected chi connectivity index (χ4v) is 3.29. The minimum Gasteiger partial charge on any atom is -0.481 e. The zero-order chi connectivity index (χ0) is 14.1. The summed E-state index contributed by atoms with van der Waals surface area (Å²) in [4.78, 5) is 21.8. The lowest BCUT2D eigenvalue weighted by Crippen LogP contribution is -2.19. The number of hydrogen-bond donors (Lipinski definition) is 2. The highest BCUT2D eigenvalue weighted by Gasteiger charge is 2.25. The summed E-state index contributed by atoms with van der Waals surface area (Å²) >= 11 is 1.67. The summed E-state index contributed by atoms with van der Waals surface area (Å²) in [6, 6.07) is 2.12. The third-order valence-electron chi connectivity index (χ3n) is 3.45. The van der Waals surface area contributed by atoms with Crippen LogP contribution in [0.5, 0.6) is 0 Å². The van der Waals surface area contributed by atoms with Crippen molar-refractivity contribution in [1.29, 1.82) is 0 Å². The number of carboxylic acid groups (broad SMARTS) is 1. The average Bonchev–Trinajstić information content (AvgIpc) is 3.05. The van der Waals surface area contributed by atoms with Crippen molar-refractivity contribution in [3.8, 4) is 0 Å². The van der Waals surface area contributed by atoms with Crippen LogP contribution >= 0.6 is 11.3 Å². The summed E-state index contributed by atoms with van der Waals surface area (Å²) in [5.41, 5.74) is 0. The number of nitrogens with zero attached hydrogens (tertiary/aromatic N) is 2. The zero-order valence-electron chi connectivity index (χ0n) is 11.0. The van der Waals surface area contributed by atoms with E-state index in [-0.39, 0.29) is 6.04 Å². The number of carbonyl (C=O) groups is 1. The molecule has 0 radical (unpaired) electrons. The van der Waals surface area contributed by atoms with E-state index < -0.39 is 11.9 Å². The quantitative estimate of drug-likeness (QED) is 0.846. The van der Waals surface area contributed by atoms with Gasteiger partial charge < -0.3 is 10.4 Å². The van der Waals surface area contributed by atoms with Crippen molar-refractivity contribution in [3.63, 3.8) is 0 Å². The van der Waals surface area contributed by atoms with Crippen molar-refractivity contribution in [3.05, 3.63) is 29.4 Å². The first-order valence-corrected chi connectivity index (χ1v) is 7.40. The van der Waals surface area contributed by atoms with E-state index in [1.54, 1.807) is 23.7 Å². The molecule has 0 spiro atoms. The predicted octanol–water partition coefficient (Wildman–Crippen LogP) is 2.69.